The van der Waals surface area contributed by atoms with Gasteiger partial charge in [-0.05, 0) is 24.1 Å². The Morgan fingerprint density at radius 3 is 2.62 bits per heavy atom. The van der Waals surface area contributed by atoms with Gasteiger partial charge >= 0.3 is 11.9 Å². The molecular formula is C21H26N5O5S+. The number of carbonyl (C=O) groups is 3. The number of methoxy groups -OCH3 is 2. The first-order valence-corrected chi connectivity index (χ1v) is 10.9. The van der Waals surface area contributed by atoms with Crippen LogP contribution in [-0.4, -0.2) is 84.6 Å². The van der Waals surface area contributed by atoms with Crippen molar-refractivity contribution in [1.29, 1.82) is 0 Å². The number of fused-ring (bicyclic) bond motifs is 1. The Hall–Kier alpha value is -3.21. The number of hydrogen-bond donors (Lipinski definition) is 1. The molecule has 3 rings (SSSR count). The fourth-order valence-corrected chi connectivity index (χ4v) is 4.32. The Bertz CT molecular complexity index is 1050. The second-order valence-corrected chi connectivity index (χ2v) is 8.21. The van der Waals surface area contributed by atoms with Crippen molar-refractivity contribution in [1.82, 2.24) is 10.2 Å². The molecule has 0 saturated heterocycles. The van der Waals surface area contributed by atoms with Crippen molar-refractivity contribution >= 4 is 46.3 Å². The summed E-state index contributed by atoms with van der Waals surface area (Å²) in [6, 6.07) is 5.17. The number of urea groups is 1. The molecule has 0 saturated carbocycles. The van der Waals surface area contributed by atoms with Gasteiger partial charge in [-0.25, -0.2) is 9.79 Å². The molecular weight excluding hydrogens is 434 g/mol. The van der Waals surface area contributed by atoms with Crippen molar-refractivity contribution in [3.63, 3.8) is 0 Å². The molecule has 0 aromatic heterocycles. The number of amides is 4. The summed E-state index contributed by atoms with van der Waals surface area (Å²) in [7, 11) is 6.15. The lowest BCUT2D eigenvalue weighted by molar-refractivity contribution is -0.407. The van der Waals surface area contributed by atoms with E-state index in [1.165, 1.54) is 23.4 Å². The fourth-order valence-electron chi connectivity index (χ4n) is 3.37. The van der Waals surface area contributed by atoms with E-state index in [1.807, 2.05) is 18.2 Å². The third-order valence-corrected chi connectivity index (χ3v) is 6.11. The number of benzene rings is 1. The maximum Gasteiger partial charge on any atom is 0.445 e. The van der Waals surface area contributed by atoms with Gasteiger partial charge in [0, 0.05) is 13.5 Å². The van der Waals surface area contributed by atoms with Crippen molar-refractivity contribution in [3.05, 3.63) is 23.8 Å². The zero-order chi connectivity index (χ0) is 23.4. The Kier molecular flexibility index (Phi) is 7.29. The van der Waals surface area contributed by atoms with Crippen LogP contribution in [0.2, 0.25) is 0 Å². The van der Waals surface area contributed by atoms with E-state index in [1.54, 1.807) is 28.2 Å². The lowest BCUT2D eigenvalue weighted by atomic mass is 10.1. The van der Waals surface area contributed by atoms with Crippen LogP contribution in [-0.2, 0) is 16.0 Å². The van der Waals surface area contributed by atoms with Crippen LogP contribution in [0, 0.1) is 5.92 Å². The Morgan fingerprint density at radius 2 is 1.94 bits per heavy atom. The van der Waals surface area contributed by atoms with Gasteiger partial charge in [-0.1, -0.05) is 22.8 Å². The normalized spacial score (nSPS) is 18.2. The van der Waals surface area contributed by atoms with Gasteiger partial charge in [-0.2, -0.15) is 9.48 Å². The van der Waals surface area contributed by atoms with Crippen LogP contribution in [0.15, 0.2) is 28.2 Å². The van der Waals surface area contributed by atoms with E-state index in [9.17, 15) is 14.4 Å². The van der Waals surface area contributed by atoms with Crippen molar-refractivity contribution in [3.8, 4) is 11.5 Å². The molecule has 10 nitrogen and oxygen atoms in total. The minimum absolute atomic E-state index is 0.0937. The third-order valence-electron chi connectivity index (χ3n) is 5.08. The number of carbonyl (C=O) groups excluding carboxylic acids is 3. The first-order valence-electron chi connectivity index (χ1n) is 9.93. The summed E-state index contributed by atoms with van der Waals surface area (Å²) in [6.45, 7) is 2.13. The monoisotopic (exact) mass is 460 g/mol. The Balaban J connectivity index is 1.58. The van der Waals surface area contributed by atoms with E-state index < -0.39 is 17.9 Å². The topological polar surface area (TPSA) is 113 Å². The first-order chi connectivity index (χ1) is 15.3. The highest BCUT2D eigenvalue weighted by molar-refractivity contribution is 8.14. The van der Waals surface area contributed by atoms with Crippen molar-refractivity contribution < 1.29 is 28.4 Å². The van der Waals surface area contributed by atoms with Gasteiger partial charge in [0.15, 0.2) is 17.4 Å². The molecule has 0 spiro atoms. The van der Waals surface area contributed by atoms with Gasteiger partial charge in [0.2, 0.25) is 11.7 Å². The van der Waals surface area contributed by atoms with Gasteiger partial charge in [-0.3, -0.25) is 9.59 Å². The third kappa shape index (κ3) is 4.82. The molecule has 32 heavy (non-hydrogen) atoms. The van der Waals surface area contributed by atoms with Crippen LogP contribution >= 0.6 is 11.8 Å². The molecule has 1 aromatic rings. The Labute approximate surface area is 190 Å². The smallest absolute Gasteiger partial charge is 0.445 e. The summed E-state index contributed by atoms with van der Waals surface area (Å²) < 4.78 is 11.9. The predicted molar refractivity (Wildman–Crippen MR) is 122 cm³/mol. The van der Waals surface area contributed by atoms with E-state index in [2.05, 4.69) is 15.3 Å². The fraction of sp³-hybridized carbons (Fsp3) is 0.429. The maximum absolute atomic E-state index is 12.7. The van der Waals surface area contributed by atoms with Gasteiger partial charge < -0.3 is 14.8 Å². The van der Waals surface area contributed by atoms with Gasteiger partial charge in [0.25, 0.3) is 5.84 Å². The van der Waals surface area contributed by atoms with E-state index in [-0.39, 0.29) is 11.7 Å². The number of aliphatic imine (C=N–C) groups is 2. The molecule has 11 heteroatoms. The summed E-state index contributed by atoms with van der Waals surface area (Å²) in [6.07, 6.45) is 0.625. The highest BCUT2D eigenvalue weighted by Gasteiger charge is 2.48. The number of imide groups is 1. The molecule has 1 unspecified atom stereocenters. The Morgan fingerprint density at radius 1 is 1.22 bits per heavy atom. The largest absolute Gasteiger partial charge is 0.493 e. The van der Waals surface area contributed by atoms with Crippen molar-refractivity contribution in [2.45, 2.75) is 13.3 Å². The standard InChI is InChI=1S/C21H25N5O5S/c1-12-23-18-17(20(28)26(3)21(29)25(18)2)19(24-12)32-11-16(27)22-9-8-13-6-7-14(30-4)15(10-13)31-5/h6-7,10,17H,8-9,11H2,1-5H3/p+1. The average molecular weight is 461 g/mol. The highest BCUT2D eigenvalue weighted by atomic mass is 32.2. The van der Waals surface area contributed by atoms with Crippen LogP contribution < -0.4 is 14.8 Å². The number of rotatable bonds is 7. The van der Waals surface area contributed by atoms with Gasteiger partial charge in [0.05, 0.1) is 34.1 Å². The van der Waals surface area contributed by atoms with Gasteiger partial charge in [-0.15, -0.1) is 0 Å². The number of hydrogen-bond acceptors (Lipinski definition) is 8. The quantitative estimate of drug-likeness (QED) is 0.612. The maximum atomic E-state index is 12.7. The predicted octanol–water partition coefficient (Wildman–Crippen LogP) is 1.18. The second kappa shape index (κ2) is 9.94. The summed E-state index contributed by atoms with van der Waals surface area (Å²) in [4.78, 5) is 46.9. The molecule has 1 aromatic carbocycles. The van der Waals surface area contributed by atoms with E-state index >= 15 is 0 Å². The second-order valence-electron chi connectivity index (χ2n) is 7.22. The van der Waals surface area contributed by atoms with Crippen molar-refractivity contribution in [2.24, 2.45) is 15.9 Å². The molecule has 0 bridgehead atoms. The van der Waals surface area contributed by atoms with Crippen molar-refractivity contribution in [2.75, 3.05) is 40.6 Å². The molecule has 4 amide bonds. The molecule has 2 heterocycles. The number of nitrogens with one attached hydrogen (secondary N) is 1. The van der Waals surface area contributed by atoms with Gasteiger partial charge in [0.1, 0.15) is 5.04 Å². The molecule has 0 aliphatic carbocycles. The molecule has 0 fully saturated rings. The number of thioether (sulfide) groups is 1. The van der Waals surface area contributed by atoms with E-state index in [0.29, 0.717) is 41.2 Å². The van der Waals surface area contributed by atoms with Crippen LogP contribution in [0.25, 0.3) is 0 Å². The molecule has 2 aliphatic rings. The minimum atomic E-state index is -0.782. The van der Waals surface area contributed by atoms with Crippen LogP contribution in [0.5, 0.6) is 11.5 Å². The van der Waals surface area contributed by atoms with Crippen LogP contribution in [0.3, 0.4) is 0 Å². The SMILES string of the molecule is COc1ccc(CCNC(=O)CSC2=NC(C)=NC3=[N+](C)C(=O)N(C)C(=O)C23)cc1OC. The number of ether oxygens (including phenoxy) is 2. The lowest BCUT2D eigenvalue weighted by Gasteiger charge is -2.26. The molecule has 2 aliphatic heterocycles. The summed E-state index contributed by atoms with van der Waals surface area (Å²) in [5, 5.41) is 3.33. The summed E-state index contributed by atoms with van der Waals surface area (Å²) in [5.41, 5.74) is 1.00. The van der Waals surface area contributed by atoms with Crippen LogP contribution in [0.4, 0.5) is 4.79 Å². The minimum Gasteiger partial charge on any atom is -0.493 e. The average Bonchev–Trinajstić information content (AvgIpc) is 2.79. The number of nitrogens with zero attached hydrogens (tertiary/aromatic N) is 4. The highest BCUT2D eigenvalue weighted by Crippen LogP contribution is 2.28. The zero-order valence-corrected chi connectivity index (χ0v) is 19.5. The van der Waals surface area contributed by atoms with E-state index in [4.69, 9.17) is 9.47 Å². The lowest BCUT2D eigenvalue weighted by Crippen LogP contribution is -2.54. The summed E-state index contributed by atoms with van der Waals surface area (Å²) in [5.74, 6) is 0.784. The molecule has 170 valence electrons. The molecule has 1 atom stereocenters. The number of amidine groups is 2. The zero-order valence-electron chi connectivity index (χ0n) is 18.7. The van der Waals surface area contributed by atoms with Crippen LogP contribution in [0.1, 0.15) is 12.5 Å². The first kappa shape index (κ1) is 23.5. The summed E-state index contributed by atoms with van der Waals surface area (Å²) >= 11 is 1.18. The molecule has 1 N–H and O–H groups in total. The van der Waals surface area contributed by atoms with E-state index in [0.717, 1.165) is 10.5 Å². The molecule has 0 radical (unpaired) electrons.